The predicted molar refractivity (Wildman–Crippen MR) is 74.8 cm³/mol. The molecule has 0 saturated carbocycles. The first-order valence-electron chi connectivity index (χ1n) is 6.41. The van der Waals surface area contributed by atoms with Gasteiger partial charge in [0.15, 0.2) is 6.23 Å². The number of hydrogen-bond acceptors (Lipinski definition) is 3. The summed E-state index contributed by atoms with van der Waals surface area (Å²) >= 11 is 0. The van der Waals surface area contributed by atoms with Crippen molar-refractivity contribution in [2.75, 3.05) is 6.54 Å². The smallest absolute Gasteiger partial charge is 0.323 e. The number of aliphatic carboxylic acids is 1. The second kappa shape index (κ2) is 7.37. The highest BCUT2D eigenvalue weighted by atomic mass is 16.5. The lowest BCUT2D eigenvalue weighted by Crippen LogP contribution is -2.44. The van der Waals surface area contributed by atoms with Crippen molar-refractivity contribution in [2.45, 2.75) is 32.9 Å². The van der Waals surface area contributed by atoms with Gasteiger partial charge in [0.1, 0.15) is 12.3 Å². The number of nitrogens with one attached hydrogen (secondary N) is 2. The Bertz CT molecular complexity index is 457. The summed E-state index contributed by atoms with van der Waals surface area (Å²) in [4.78, 5) is 21.6. The fourth-order valence-electron chi connectivity index (χ4n) is 1.56. The van der Waals surface area contributed by atoms with Gasteiger partial charge in [0.05, 0.1) is 0 Å². The maximum absolute atomic E-state index is 11.3. The standard InChI is InChI=1S/C14H20N2O4/c1-9(2)11-4-6-12(7-5-11)20-10(3)16-14(19)15-8-13(17)18/h4-7,9-10H,8H2,1-3H3,(H,17,18)(H2,15,16,19). The van der Waals surface area contributed by atoms with Crippen LogP contribution in [0.25, 0.3) is 0 Å². The Kier molecular flexibility index (Phi) is 5.83. The second-order valence-electron chi connectivity index (χ2n) is 4.70. The third kappa shape index (κ3) is 5.60. The van der Waals surface area contributed by atoms with Crippen LogP contribution in [0.1, 0.15) is 32.3 Å². The molecule has 1 aromatic rings. The molecule has 1 rings (SSSR count). The highest BCUT2D eigenvalue weighted by molar-refractivity contribution is 5.79. The molecular formula is C14H20N2O4. The number of carbonyl (C=O) groups excluding carboxylic acids is 1. The van der Waals surface area contributed by atoms with E-state index in [1.54, 1.807) is 6.92 Å². The van der Waals surface area contributed by atoms with Crippen LogP contribution in [0.4, 0.5) is 4.79 Å². The fraction of sp³-hybridized carbons (Fsp3) is 0.429. The minimum Gasteiger partial charge on any atom is -0.480 e. The average molecular weight is 280 g/mol. The van der Waals surface area contributed by atoms with E-state index in [0.717, 1.165) is 0 Å². The van der Waals surface area contributed by atoms with Gasteiger partial charge in [0.2, 0.25) is 0 Å². The van der Waals surface area contributed by atoms with Crippen molar-refractivity contribution in [1.82, 2.24) is 10.6 Å². The lowest BCUT2D eigenvalue weighted by molar-refractivity contribution is -0.135. The molecule has 0 saturated heterocycles. The van der Waals surface area contributed by atoms with Crippen LogP contribution in [0.15, 0.2) is 24.3 Å². The van der Waals surface area contributed by atoms with E-state index < -0.39 is 24.8 Å². The lowest BCUT2D eigenvalue weighted by Gasteiger charge is -2.17. The number of amides is 2. The number of ether oxygens (including phenoxy) is 1. The van der Waals surface area contributed by atoms with Gasteiger partial charge in [0, 0.05) is 0 Å². The molecule has 0 fully saturated rings. The fourth-order valence-corrected chi connectivity index (χ4v) is 1.56. The van der Waals surface area contributed by atoms with E-state index in [-0.39, 0.29) is 0 Å². The van der Waals surface area contributed by atoms with Gasteiger partial charge in [-0.1, -0.05) is 26.0 Å². The minimum absolute atomic E-state index is 0.429. The van der Waals surface area contributed by atoms with E-state index >= 15 is 0 Å². The summed E-state index contributed by atoms with van der Waals surface area (Å²) in [6.07, 6.45) is -0.561. The molecule has 6 nitrogen and oxygen atoms in total. The molecule has 0 aliphatic heterocycles. The molecule has 110 valence electrons. The third-order valence-electron chi connectivity index (χ3n) is 2.59. The van der Waals surface area contributed by atoms with Crippen LogP contribution in [-0.4, -0.2) is 29.9 Å². The molecule has 1 atom stereocenters. The summed E-state index contributed by atoms with van der Waals surface area (Å²) in [6.45, 7) is 5.44. The summed E-state index contributed by atoms with van der Waals surface area (Å²) in [6, 6.07) is 7.03. The minimum atomic E-state index is -1.10. The number of urea groups is 1. The van der Waals surface area contributed by atoms with Crippen LogP contribution < -0.4 is 15.4 Å². The Hall–Kier alpha value is -2.24. The van der Waals surface area contributed by atoms with Gasteiger partial charge in [-0.05, 0) is 30.5 Å². The Balaban J connectivity index is 2.43. The van der Waals surface area contributed by atoms with Gasteiger partial charge in [-0.15, -0.1) is 0 Å². The molecule has 0 radical (unpaired) electrons. The Morgan fingerprint density at radius 3 is 2.30 bits per heavy atom. The van der Waals surface area contributed by atoms with Crippen LogP contribution in [0.5, 0.6) is 5.75 Å². The summed E-state index contributed by atoms with van der Waals surface area (Å²) in [7, 11) is 0. The Morgan fingerprint density at radius 1 is 1.20 bits per heavy atom. The lowest BCUT2D eigenvalue weighted by atomic mass is 10.0. The number of carbonyl (C=O) groups is 2. The zero-order valence-electron chi connectivity index (χ0n) is 11.8. The van der Waals surface area contributed by atoms with E-state index in [1.165, 1.54) is 5.56 Å². The average Bonchev–Trinajstić information content (AvgIpc) is 2.36. The number of carboxylic acid groups (broad SMARTS) is 1. The van der Waals surface area contributed by atoms with Gasteiger partial charge >= 0.3 is 12.0 Å². The van der Waals surface area contributed by atoms with Crippen LogP contribution >= 0.6 is 0 Å². The molecule has 2 amide bonds. The van der Waals surface area contributed by atoms with Crippen molar-refractivity contribution in [3.63, 3.8) is 0 Å². The van der Waals surface area contributed by atoms with Gasteiger partial charge < -0.3 is 20.5 Å². The molecule has 1 aromatic carbocycles. The highest BCUT2D eigenvalue weighted by Crippen LogP contribution is 2.18. The number of rotatable bonds is 6. The van der Waals surface area contributed by atoms with Crippen LogP contribution in [0, 0.1) is 0 Å². The molecule has 0 aliphatic carbocycles. The Labute approximate surface area is 118 Å². The molecule has 6 heteroatoms. The van der Waals surface area contributed by atoms with Crippen molar-refractivity contribution in [1.29, 1.82) is 0 Å². The van der Waals surface area contributed by atoms with Crippen molar-refractivity contribution in [3.8, 4) is 5.75 Å². The van der Waals surface area contributed by atoms with E-state index in [9.17, 15) is 9.59 Å². The Morgan fingerprint density at radius 2 is 1.80 bits per heavy atom. The SMILES string of the molecule is CC(NC(=O)NCC(=O)O)Oc1ccc(C(C)C)cc1. The first-order chi connectivity index (χ1) is 9.38. The molecular weight excluding hydrogens is 260 g/mol. The van der Waals surface area contributed by atoms with Crippen LogP contribution in [0.3, 0.4) is 0 Å². The molecule has 0 aliphatic rings. The van der Waals surface area contributed by atoms with Crippen LogP contribution in [0.2, 0.25) is 0 Å². The van der Waals surface area contributed by atoms with Crippen molar-refractivity contribution < 1.29 is 19.4 Å². The van der Waals surface area contributed by atoms with E-state index in [4.69, 9.17) is 9.84 Å². The number of carboxylic acids is 1. The molecule has 3 N–H and O–H groups in total. The summed E-state index contributed by atoms with van der Waals surface area (Å²) < 4.78 is 5.51. The first kappa shape index (κ1) is 15.8. The number of hydrogen-bond donors (Lipinski definition) is 3. The van der Waals surface area contributed by atoms with Gasteiger partial charge in [-0.3, -0.25) is 4.79 Å². The zero-order chi connectivity index (χ0) is 15.1. The van der Waals surface area contributed by atoms with Crippen molar-refractivity contribution >= 4 is 12.0 Å². The quantitative estimate of drug-likeness (QED) is 0.695. The molecule has 20 heavy (non-hydrogen) atoms. The zero-order valence-corrected chi connectivity index (χ0v) is 11.8. The van der Waals surface area contributed by atoms with E-state index in [2.05, 4.69) is 24.5 Å². The monoisotopic (exact) mass is 280 g/mol. The van der Waals surface area contributed by atoms with Crippen molar-refractivity contribution in [3.05, 3.63) is 29.8 Å². The maximum Gasteiger partial charge on any atom is 0.323 e. The van der Waals surface area contributed by atoms with Crippen LogP contribution in [-0.2, 0) is 4.79 Å². The second-order valence-corrected chi connectivity index (χ2v) is 4.70. The highest BCUT2D eigenvalue weighted by Gasteiger charge is 2.09. The summed E-state index contributed by atoms with van der Waals surface area (Å²) in [5.74, 6) is -0.0141. The van der Waals surface area contributed by atoms with Crippen molar-refractivity contribution in [2.24, 2.45) is 0 Å². The predicted octanol–water partition coefficient (Wildman–Crippen LogP) is 1.92. The first-order valence-corrected chi connectivity index (χ1v) is 6.41. The number of benzene rings is 1. The van der Waals surface area contributed by atoms with Gasteiger partial charge in [0.25, 0.3) is 0 Å². The largest absolute Gasteiger partial charge is 0.480 e. The third-order valence-corrected chi connectivity index (χ3v) is 2.59. The van der Waals surface area contributed by atoms with E-state index in [1.807, 2.05) is 24.3 Å². The maximum atomic E-state index is 11.3. The summed E-state index contributed by atoms with van der Waals surface area (Å²) in [5.41, 5.74) is 1.21. The molecule has 1 unspecified atom stereocenters. The summed E-state index contributed by atoms with van der Waals surface area (Å²) in [5, 5.41) is 13.1. The topological polar surface area (TPSA) is 87.7 Å². The normalized spacial score (nSPS) is 11.8. The molecule has 0 spiro atoms. The molecule has 0 heterocycles. The van der Waals surface area contributed by atoms with E-state index in [0.29, 0.717) is 11.7 Å². The van der Waals surface area contributed by atoms with Gasteiger partial charge in [-0.2, -0.15) is 0 Å². The van der Waals surface area contributed by atoms with Gasteiger partial charge in [-0.25, -0.2) is 4.79 Å². The molecule has 0 bridgehead atoms. The molecule has 0 aromatic heterocycles.